The van der Waals surface area contributed by atoms with Crippen LogP contribution in [-0.4, -0.2) is 0 Å². The molecule has 9 aromatic rings. The van der Waals surface area contributed by atoms with Crippen molar-refractivity contribution in [3.05, 3.63) is 223 Å². The minimum atomic E-state index is 0.137. The Morgan fingerprint density at radius 3 is 1.65 bits per heavy atom. The molecule has 2 unspecified atom stereocenters. The van der Waals surface area contributed by atoms with Crippen LogP contribution in [-0.2, 0) is 0 Å². The molecule has 9 aromatic carbocycles. The third kappa shape index (κ3) is 5.19. The summed E-state index contributed by atoms with van der Waals surface area (Å²) in [6, 6.07) is 74.4. The summed E-state index contributed by atoms with van der Waals surface area (Å²) in [5.41, 5.74) is 21.6. The molecular formula is C59H43N. The molecule has 0 saturated carbocycles. The lowest BCUT2D eigenvalue weighted by Gasteiger charge is -2.30. The van der Waals surface area contributed by atoms with Gasteiger partial charge in [-0.05, 0) is 131 Å². The average Bonchev–Trinajstić information content (AvgIpc) is 3.72. The molecular weight excluding hydrogens is 723 g/mol. The van der Waals surface area contributed by atoms with Crippen LogP contribution < -0.4 is 4.90 Å². The molecule has 0 amide bonds. The van der Waals surface area contributed by atoms with Crippen LogP contribution in [0.15, 0.2) is 212 Å². The Labute approximate surface area is 352 Å². The summed E-state index contributed by atoms with van der Waals surface area (Å²) in [6.45, 7) is 4.91. The van der Waals surface area contributed by atoms with E-state index in [2.05, 4.69) is 231 Å². The van der Waals surface area contributed by atoms with E-state index in [1.54, 1.807) is 0 Å². The van der Waals surface area contributed by atoms with Crippen LogP contribution in [0.1, 0.15) is 36.8 Å². The molecule has 12 rings (SSSR count). The van der Waals surface area contributed by atoms with Crippen molar-refractivity contribution in [3.63, 3.8) is 0 Å². The van der Waals surface area contributed by atoms with E-state index in [1.807, 2.05) is 0 Å². The lowest BCUT2D eigenvalue weighted by Crippen LogP contribution is -2.14. The molecule has 3 aliphatic rings. The highest BCUT2D eigenvalue weighted by Gasteiger charge is 2.49. The molecule has 60 heavy (non-hydrogen) atoms. The highest BCUT2D eigenvalue weighted by Crippen LogP contribution is 2.63. The monoisotopic (exact) mass is 765 g/mol. The van der Waals surface area contributed by atoms with Crippen molar-refractivity contribution in [3.8, 4) is 66.8 Å². The Morgan fingerprint density at radius 2 is 0.900 bits per heavy atom. The van der Waals surface area contributed by atoms with E-state index in [9.17, 15) is 0 Å². The van der Waals surface area contributed by atoms with Gasteiger partial charge in [0.2, 0.25) is 0 Å². The van der Waals surface area contributed by atoms with Gasteiger partial charge in [0, 0.05) is 28.8 Å². The molecule has 2 atom stereocenters. The minimum absolute atomic E-state index is 0.137. The first-order valence-electron chi connectivity index (χ1n) is 21.3. The quantitative estimate of drug-likeness (QED) is 0.158. The minimum Gasteiger partial charge on any atom is -0.310 e. The van der Waals surface area contributed by atoms with Crippen LogP contribution in [0.3, 0.4) is 0 Å². The number of nitrogens with zero attached hydrogens (tertiary/aromatic N) is 1. The lowest BCUT2D eigenvalue weighted by molar-refractivity contribution is 0.343. The second-order valence-electron chi connectivity index (χ2n) is 17.3. The Hall–Kier alpha value is -7.22. The van der Waals surface area contributed by atoms with E-state index in [4.69, 9.17) is 0 Å². The molecule has 1 heteroatoms. The third-order valence-corrected chi connectivity index (χ3v) is 13.7. The number of hydrogen-bond donors (Lipinski definition) is 0. The summed E-state index contributed by atoms with van der Waals surface area (Å²) in [6.07, 6.45) is 4.94. The van der Waals surface area contributed by atoms with Gasteiger partial charge >= 0.3 is 0 Å². The van der Waals surface area contributed by atoms with Crippen molar-refractivity contribution < 1.29 is 0 Å². The van der Waals surface area contributed by atoms with E-state index in [-0.39, 0.29) is 5.41 Å². The maximum Gasteiger partial charge on any atom is 0.0540 e. The van der Waals surface area contributed by atoms with Gasteiger partial charge in [-0.3, -0.25) is 0 Å². The molecule has 0 N–H and O–H groups in total. The van der Waals surface area contributed by atoms with Crippen molar-refractivity contribution in [1.82, 2.24) is 0 Å². The van der Waals surface area contributed by atoms with Gasteiger partial charge in [0.15, 0.2) is 0 Å². The van der Waals surface area contributed by atoms with Crippen LogP contribution in [0.5, 0.6) is 0 Å². The normalized spacial score (nSPS) is 16.2. The molecule has 0 aromatic heterocycles. The molecule has 0 aliphatic heterocycles. The van der Waals surface area contributed by atoms with Gasteiger partial charge in [-0.25, -0.2) is 0 Å². The maximum absolute atomic E-state index is 2.59. The zero-order chi connectivity index (χ0) is 40.0. The molecule has 0 fully saturated rings. The highest BCUT2D eigenvalue weighted by atomic mass is 15.1. The zero-order valence-electron chi connectivity index (χ0n) is 33.8. The van der Waals surface area contributed by atoms with E-state index in [0.717, 1.165) is 17.1 Å². The summed E-state index contributed by atoms with van der Waals surface area (Å²) in [5, 5.41) is 2.53. The van der Waals surface area contributed by atoms with Gasteiger partial charge in [0.1, 0.15) is 0 Å². The van der Waals surface area contributed by atoms with Crippen molar-refractivity contribution in [2.45, 2.75) is 25.7 Å². The van der Waals surface area contributed by atoms with Gasteiger partial charge in [0.25, 0.3) is 0 Å². The average molecular weight is 766 g/mol. The first-order chi connectivity index (χ1) is 29.5. The summed E-state index contributed by atoms with van der Waals surface area (Å²) in [7, 11) is 0. The maximum atomic E-state index is 2.59. The van der Waals surface area contributed by atoms with E-state index < -0.39 is 0 Å². The van der Waals surface area contributed by atoms with Gasteiger partial charge in [-0.2, -0.15) is 0 Å². The fourth-order valence-corrected chi connectivity index (χ4v) is 10.9. The number of anilines is 3. The number of para-hydroxylation sites is 2. The smallest absolute Gasteiger partial charge is 0.0540 e. The Morgan fingerprint density at radius 1 is 0.367 bits per heavy atom. The number of hydrogen-bond acceptors (Lipinski definition) is 1. The molecule has 3 aliphatic carbocycles. The first-order valence-corrected chi connectivity index (χ1v) is 21.3. The molecule has 0 heterocycles. The fourth-order valence-electron chi connectivity index (χ4n) is 10.9. The van der Waals surface area contributed by atoms with Crippen molar-refractivity contribution in [1.29, 1.82) is 0 Å². The molecule has 284 valence electrons. The standard InChI is InChI=1S/C59H43N/c1-59(2)54-34-35-55(59)52-37-53-50(36-51(52)54)44-22-11-12-24-46(44)57-43-21-10-9-18-40(43)30-33-49(57)48-26-15-25-47(58(48)53)45-23-13-14-27-56(45)60(41-19-7-4-8-20-41)42-31-28-39(29-32-42)38-16-5-3-6-17-38/h3-37,54-55H,1-2H3. The first kappa shape index (κ1) is 34.8. The molecule has 0 radical (unpaired) electrons. The Balaban J connectivity index is 1.15. The van der Waals surface area contributed by atoms with Crippen molar-refractivity contribution in [2.75, 3.05) is 4.90 Å². The third-order valence-electron chi connectivity index (χ3n) is 13.7. The molecule has 0 spiro atoms. The number of benzene rings is 9. The molecule has 2 bridgehead atoms. The second kappa shape index (κ2) is 13.4. The largest absolute Gasteiger partial charge is 0.310 e. The van der Waals surface area contributed by atoms with Crippen LogP contribution >= 0.6 is 0 Å². The van der Waals surface area contributed by atoms with E-state index in [0.29, 0.717) is 11.8 Å². The number of allylic oxidation sites excluding steroid dienone is 2. The fraction of sp³-hybridized carbons (Fsp3) is 0.0847. The summed E-state index contributed by atoms with van der Waals surface area (Å²) < 4.78 is 0. The van der Waals surface area contributed by atoms with Gasteiger partial charge in [-0.1, -0.05) is 184 Å². The Kier molecular flexibility index (Phi) is 7.78. The predicted molar refractivity (Wildman–Crippen MR) is 253 cm³/mol. The SMILES string of the molecule is CC1(C)C2C=CC1c1cc3c(cc12)-c1ccccc1-c1c(ccc2ccccc12)-c1cccc(-c2ccccc2N(c2ccccc2)c2ccc(-c4ccccc4)cc2)c1-3. The summed E-state index contributed by atoms with van der Waals surface area (Å²) in [5.74, 6) is 0.784. The highest BCUT2D eigenvalue weighted by molar-refractivity contribution is 6.14. The van der Waals surface area contributed by atoms with Gasteiger partial charge < -0.3 is 4.90 Å². The van der Waals surface area contributed by atoms with Crippen molar-refractivity contribution >= 4 is 27.8 Å². The molecule has 1 nitrogen and oxygen atoms in total. The second-order valence-corrected chi connectivity index (χ2v) is 17.3. The predicted octanol–water partition coefficient (Wildman–Crippen LogP) is 16.4. The van der Waals surface area contributed by atoms with Crippen molar-refractivity contribution in [2.24, 2.45) is 5.41 Å². The van der Waals surface area contributed by atoms with Crippen LogP contribution in [0.25, 0.3) is 77.5 Å². The summed E-state index contributed by atoms with van der Waals surface area (Å²) >= 11 is 0. The summed E-state index contributed by atoms with van der Waals surface area (Å²) in [4.78, 5) is 2.43. The van der Waals surface area contributed by atoms with Crippen LogP contribution in [0.4, 0.5) is 17.1 Å². The van der Waals surface area contributed by atoms with E-state index in [1.165, 1.54) is 88.7 Å². The van der Waals surface area contributed by atoms with Crippen LogP contribution in [0, 0.1) is 5.41 Å². The van der Waals surface area contributed by atoms with Gasteiger partial charge in [0.05, 0.1) is 5.69 Å². The number of rotatable bonds is 5. The molecule has 0 saturated heterocycles. The zero-order valence-corrected chi connectivity index (χ0v) is 33.8. The van der Waals surface area contributed by atoms with E-state index >= 15 is 0 Å². The Bertz CT molecular complexity index is 3170. The topological polar surface area (TPSA) is 3.24 Å². The lowest BCUT2D eigenvalue weighted by atomic mass is 9.75. The number of fused-ring (bicyclic) bond motifs is 15. The van der Waals surface area contributed by atoms with Gasteiger partial charge in [-0.15, -0.1) is 0 Å². The van der Waals surface area contributed by atoms with Crippen LogP contribution in [0.2, 0.25) is 0 Å².